The topological polar surface area (TPSA) is 12.0 Å². The second-order valence-corrected chi connectivity index (χ2v) is 5.61. The van der Waals surface area contributed by atoms with E-state index in [2.05, 4.69) is 21.2 Å². The second kappa shape index (κ2) is 6.07. The maximum Gasteiger partial charge on any atom is 0.0600 e. The van der Waals surface area contributed by atoms with Gasteiger partial charge in [-0.2, -0.15) is 0 Å². The fraction of sp³-hybridized carbons (Fsp3) is 0.143. The van der Waals surface area contributed by atoms with E-state index in [0.717, 1.165) is 25.6 Å². The van der Waals surface area contributed by atoms with Crippen molar-refractivity contribution in [1.82, 2.24) is 5.32 Å². The third-order valence-electron chi connectivity index (χ3n) is 2.78. The van der Waals surface area contributed by atoms with Gasteiger partial charge in [-0.1, -0.05) is 57.3 Å². The Morgan fingerprint density at radius 3 is 2.28 bits per heavy atom. The molecule has 0 radical (unpaired) electrons. The first-order valence-electron chi connectivity index (χ1n) is 5.50. The maximum atomic E-state index is 6.29. The Morgan fingerprint density at radius 2 is 1.72 bits per heavy atom. The van der Waals surface area contributed by atoms with Crippen molar-refractivity contribution in [3.63, 3.8) is 0 Å². The quantitative estimate of drug-likeness (QED) is 0.820. The minimum Gasteiger partial charge on any atom is -0.309 e. The summed E-state index contributed by atoms with van der Waals surface area (Å²) in [7, 11) is 1.91. The third-order valence-corrected chi connectivity index (χ3v) is 4.05. The molecule has 0 aromatic heterocycles. The number of hydrogen-bond donors (Lipinski definition) is 1. The lowest BCUT2D eigenvalue weighted by atomic mass is 9.99. The van der Waals surface area contributed by atoms with E-state index in [0.29, 0.717) is 0 Å². The number of rotatable bonds is 3. The first-order valence-corrected chi connectivity index (χ1v) is 7.05. The van der Waals surface area contributed by atoms with Crippen LogP contribution in [0.25, 0.3) is 0 Å². The van der Waals surface area contributed by atoms with Gasteiger partial charge in [-0.3, -0.25) is 0 Å². The molecule has 1 N–H and O–H groups in total. The van der Waals surface area contributed by atoms with Crippen LogP contribution in [-0.2, 0) is 0 Å². The van der Waals surface area contributed by atoms with E-state index in [9.17, 15) is 0 Å². The third kappa shape index (κ3) is 2.89. The molecular weight excluding hydrogens is 333 g/mol. The molecule has 0 saturated carbocycles. The molecule has 2 aromatic carbocycles. The molecule has 0 aliphatic rings. The second-order valence-electron chi connectivity index (χ2n) is 3.91. The van der Waals surface area contributed by atoms with Crippen molar-refractivity contribution >= 4 is 39.1 Å². The highest BCUT2D eigenvalue weighted by Crippen LogP contribution is 2.34. The Hall–Kier alpha value is -0.540. The zero-order valence-corrected chi connectivity index (χ0v) is 12.9. The Bertz CT molecular complexity index is 520. The molecule has 2 rings (SSSR count). The van der Waals surface area contributed by atoms with Gasteiger partial charge >= 0.3 is 0 Å². The summed E-state index contributed by atoms with van der Waals surface area (Å²) in [6.07, 6.45) is 0. The number of hydrogen-bond acceptors (Lipinski definition) is 1. The fourth-order valence-corrected chi connectivity index (χ4v) is 3.04. The molecule has 0 saturated heterocycles. The minimum atomic E-state index is 0.0327. The highest BCUT2D eigenvalue weighted by atomic mass is 79.9. The Morgan fingerprint density at radius 1 is 1.06 bits per heavy atom. The molecule has 0 aliphatic heterocycles. The van der Waals surface area contributed by atoms with Crippen LogP contribution in [0.3, 0.4) is 0 Å². The number of benzene rings is 2. The molecule has 1 atom stereocenters. The van der Waals surface area contributed by atoms with Gasteiger partial charge in [-0.15, -0.1) is 0 Å². The van der Waals surface area contributed by atoms with Crippen molar-refractivity contribution in [2.24, 2.45) is 0 Å². The molecule has 18 heavy (non-hydrogen) atoms. The molecule has 94 valence electrons. The molecule has 4 heteroatoms. The maximum absolute atomic E-state index is 6.29. The van der Waals surface area contributed by atoms with Gasteiger partial charge in [0.2, 0.25) is 0 Å². The summed E-state index contributed by atoms with van der Waals surface area (Å²) in [5, 5.41) is 4.74. The average molecular weight is 345 g/mol. The van der Waals surface area contributed by atoms with Crippen molar-refractivity contribution in [2.45, 2.75) is 6.04 Å². The normalized spacial score (nSPS) is 12.4. The predicted octanol–water partition coefficient (Wildman–Crippen LogP) is 5.06. The summed E-state index contributed by atoms with van der Waals surface area (Å²) in [5.41, 5.74) is 2.15. The highest BCUT2D eigenvalue weighted by molar-refractivity contribution is 9.10. The van der Waals surface area contributed by atoms with E-state index in [1.54, 1.807) is 0 Å². The smallest absolute Gasteiger partial charge is 0.0600 e. The summed E-state index contributed by atoms with van der Waals surface area (Å²) in [6, 6.07) is 13.6. The SMILES string of the molecule is CNC(c1ccc(Cl)cc1)c1c(Cl)cccc1Br. The van der Waals surface area contributed by atoms with Crippen LogP contribution in [0.1, 0.15) is 17.2 Å². The molecule has 2 aromatic rings. The summed E-state index contributed by atoms with van der Waals surface area (Å²) >= 11 is 15.8. The molecule has 0 fully saturated rings. The molecule has 0 bridgehead atoms. The van der Waals surface area contributed by atoms with Gasteiger partial charge < -0.3 is 5.32 Å². The summed E-state index contributed by atoms with van der Waals surface area (Å²) in [5.74, 6) is 0. The van der Waals surface area contributed by atoms with Gasteiger partial charge in [-0.05, 0) is 36.9 Å². The van der Waals surface area contributed by atoms with Gasteiger partial charge in [-0.25, -0.2) is 0 Å². The van der Waals surface area contributed by atoms with Crippen molar-refractivity contribution in [3.8, 4) is 0 Å². The van der Waals surface area contributed by atoms with Crippen molar-refractivity contribution < 1.29 is 0 Å². The van der Waals surface area contributed by atoms with E-state index in [1.807, 2.05) is 49.5 Å². The monoisotopic (exact) mass is 343 g/mol. The van der Waals surface area contributed by atoms with Gasteiger partial charge in [0, 0.05) is 20.1 Å². The van der Waals surface area contributed by atoms with E-state index >= 15 is 0 Å². The lowest BCUT2D eigenvalue weighted by Gasteiger charge is -2.20. The van der Waals surface area contributed by atoms with Crippen molar-refractivity contribution in [3.05, 3.63) is 68.1 Å². The predicted molar refractivity (Wildman–Crippen MR) is 81.5 cm³/mol. The molecule has 1 unspecified atom stereocenters. The molecule has 1 nitrogen and oxygen atoms in total. The zero-order valence-electron chi connectivity index (χ0n) is 9.75. The van der Waals surface area contributed by atoms with Crippen LogP contribution < -0.4 is 5.32 Å². The summed E-state index contributed by atoms with van der Waals surface area (Å²) in [6.45, 7) is 0. The Kier molecular flexibility index (Phi) is 4.68. The minimum absolute atomic E-state index is 0.0327. The fourth-order valence-electron chi connectivity index (χ4n) is 1.92. The van der Waals surface area contributed by atoms with Crippen LogP contribution in [0.5, 0.6) is 0 Å². The number of halogens is 3. The Labute approximate surface area is 125 Å². The lowest BCUT2D eigenvalue weighted by Crippen LogP contribution is -2.18. The van der Waals surface area contributed by atoms with E-state index in [-0.39, 0.29) is 6.04 Å². The van der Waals surface area contributed by atoms with Crippen molar-refractivity contribution in [2.75, 3.05) is 7.05 Å². The van der Waals surface area contributed by atoms with Gasteiger partial charge in [0.1, 0.15) is 0 Å². The van der Waals surface area contributed by atoms with Crippen LogP contribution in [-0.4, -0.2) is 7.05 Å². The molecular formula is C14H12BrCl2N. The number of nitrogens with one attached hydrogen (secondary N) is 1. The molecule has 0 amide bonds. The van der Waals surface area contributed by atoms with Crippen LogP contribution >= 0.6 is 39.1 Å². The standard InChI is InChI=1S/C14H12BrCl2N/c1-18-14(9-5-7-10(16)8-6-9)13-11(15)3-2-4-12(13)17/h2-8,14,18H,1H3. The molecule has 0 aliphatic carbocycles. The molecule has 0 spiro atoms. The zero-order chi connectivity index (χ0) is 13.1. The highest BCUT2D eigenvalue weighted by Gasteiger charge is 2.17. The van der Waals surface area contributed by atoms with E-state index in [4.69, 9.17) is 23.2 Å². The average Bonchev–Trinajstić information content (AvgIpc) is 2.35. The van der Waals surface area contributed by atoms with Gasteiger partial charge in [0.25, 0.3) is 0 Å². The molecule has 0 heterocycles. The van der Waals surface area contributed by atoms with Gasteiger partial charge in [0.15, 0.2) is 0 Å². The van der Waals surface area contributed by atoms with Crippen LogP contribution in [0, 0.1) is 0 Å². The summed E-state index contributed by atoms with van der Waals surface area (Å²) < 4.78 is 0.990. The van der Waals surface area contributed by atoms with Crippen molar-refractivity contribution in [1.29, 1.82) is 0 Å². The largest absolute Gasteiger partial charge is 0.309 e. The first-order chi connectivity index (χ1) is 8.63. The lowest BCUT2D eigenvalue weighted by molar-refractivity contribution is 0.689. The first kappa shape index (κ1) is 13.9. The van der Waals surface area contributed by atoms with E-state index < -0.39 is 0 Å². The van der Waals surface area contributed by atoms with E-state index in [1.165, 1.54) is 0 Å². The van der Waals surface area contributed by atoms with Crippen LogP contribution in [0.2, 0.25) is 10.0 Å². The Balaban J connectivity index is 2.48. The van der Waals surface area contributed by atoms with Gasteiger partial charge in [0.05, 0.1) is 6.04 Å². The van der Waals surface area contributed by atoms with Crippen LogP contribution in [0.15, 0.2) is 46.9 Å². The van der Waals surface area contributed by atoms with Crippen LogP contribution in [0.4, 0.5) is 0 Å². The summed E-state index contributed by atoms with van der Waals surface area (Å²) in [4.78, 5) is 0.